The molecule has 5 N–H and O–H groups in total. The second-order valence-electron chi connectivity index (χ2n) is 15.2. The van der Waals surface area contributed by atoms with Crippen LogP contribution in [-0.2, 0) is 24.8 Å². The number of thiazole rings is 1. The molecule has 318 valence electrons. The van der Waals surface area contributed by atoms with Crippen molar-refractivity contribution in [3.8, 4) is 10.4 Å². The summed E-state index contributed by atoms with van der Waals surface area (Å²) in [6.45, 7) is -0.521. The number of fused-ring (bicyclic) bond motifs is 1. The normalized spacial score (nSPS) is 16.2. The number of nitrogens with zero attached hydrogens (tertiary/aromatic N) is 3. The number of carbonyl (C=O) groups excluding carboxylic acids is 2. The van der Waals surface area contributed by atoms with E-state index in [1.54, 1.807) is 0 Å². The fraction of sp³-hybridized carbons (Fsp3) is 0.118. The molecule has 64 heavy (non-hydrogen) atoms. The largest absolute Gasteiger partial charge is 0.477 e. The molecule has 0 radical (unpaired) electrons. The smallest absolute Gasteiger partial charge is 0.352 e. The Kier molecular flexibility index (Phi) is 11.9. The molecule has 0 bridgehead atoms. The van der Waals surface area contributed by atoms with Crippen LogP contribution in [0.2, 0.25) is 0 Å². The Bertz CT molecular complexity index is 2740. The quantitative estimate of drug-likeness (QED) is 0.0366. The molecule has 0 saturated carbocycles. The summed E-state index contributed by atoms with van der Waals surface area (Å²) in [6.07, 6.45) is 0. The first kappa shape index (κ1) is 42.0. The number of nitrogens with two attached hydrogens (primary N) is 1. The first-order valence-corrected chi connectivity index (χ1v) is 22.4. The van der Waals surface area contributed by atoms with Gasteiger partial charge in [0.2, 0.25) is 5.60 Å². The third kappa shape index (κ3) is 7.74. The summed E-state index contributed by atoms with van der Waals surface area (Å²) in [5.74, 6) is -2.85. The fourth-order valence-electron chi connectivity index (χ4n) is 8.48. The van der Waals surface area contributed by atoms with Crippen LogP contribution in [-0.4, -0.2) is 67.4 Å². The summed E-state index contributed by atoms with van der Waals surface area (Å²) in [5, 5.41) is 27.1. The molecule has 7 aromatic rings. The first-order valence-electron chi connectivity index (χ1n) is 20.5. The van der Waals surface area contributed by atoms with Gasteiger partial charge in [-0.05, 0) is 27.8 Å². The van der Waals surface area contributed by atoms with E-state index in [1.165, 1.54) is 23.1 Å². The minimum atomic E-state index is -1.40. The number of oxime groups is 1. The number of hydrogen-bond acceptors (Lipinski definition) is 10. The number of carboxylic acid groups (broad SMARTS) is 1. The molecule has 11 nitrogen and oxygen atoms in total. The monoisotopic (exact) mass is 883 g/mol. The number of thioether (sulfide) groups is 1. The highest BCUT2D eigenvalue weighted by Crippen LogP contribution is 2.45. The van der Waals surface area contributed by atoms with Crippen molar-refractivity contribution in [2.45, 2.75) is 22.9 Å². The van der Waals surface area contributed by atoms with E-state index in [9.17, 15) is 19.8 Å². The Morgan fingerprint density at radius 2 is 1.28 bits per heavy atom. The number of β-lactam (4-membered cyclic amide) rings is 1. The molecular formula is C51H41N5O6S2. The maximum Gasteiger partial charge on any atom is 0.352 e. The van der Waals surface area contributed by atoms with Gasteiger partial charge in [-0.25, -0.2) is 9.78 Å². The molecule has 13 heteroatoms. The van der Waals surface area contributed by atoms with Gasteiger partial charge in [0.1, 0.15) is 22.8 Å². The standard InChI is InChI=1S/C51H41N5O6S2/c52-50-54-41(45(64-50)39-29-17-16-28-38(39)40(32-18-6-1-7-19-32)33-20-8-2-9-21-33)42(46(58)53-43-47(59)56-44(49(60)61)34(30-57)31-63-48(43)56)55-62-51(35-22-10-3-11-23-35,36-24-12-4-13-25-36)37-26-14-5-15-27-37/h1-29,40,43,48,57H,30-31H2,(H2,52,54)(H,53,58)(H,60,61)/b55-42-/t43-,48+/m1/s1. The highest BCUT2D eigenvalue weighted by atomic mass is 32.2. The topological polar surface area (TPSA) is 167 Å². The predicted octanol–water partition coefficient (Wildman–Crippen LogP) is 8.02. The summed E-state index contributed by atoms with van der Waals surface area (Å²) in [5.41, 5.74) is 11.0. The van der Waals surface area contributed by atoms with Crippen LogP contribution in [0.25, 0.3) is 10.4 Å². The zero-order valence-corrected chi connectivity index (χ0v) is 35.8. The number of aliphatic carboxylic acids is 1. The van der Waals surface area contributed by atoms with E-state index >= 15 is 4.79 Å². The number of aliphatic hydroxyl groups excluding tert-OH is 1. The highest BCUT2D eigenvalue weighted by Gasteiger charge is 2.54. The molecule has 1 saturated heterocycles. The molecule has 0 aliphatic carbocycles. The van der Waals surface area contributed by atoms with Crippen molar-refractivity contribution in [3.05, 3.63) is 226 Å². The molecule has 2 amide bonds. The number of aliphatic hydroxyl groups is 1. The minimum absolute atomic E-state index is 0.129. The minimum Gasteiger partial charge on any atom is -0.477 e. The number of carbonyl (C=O) groups is 3. The van der Waals surface area contributed by atoms with Gasteiger partial charge in [-0.1, -0.05) is 192 Å². The lowest BCUT2D eigenvalue weighted by atomic mass is 9.80. The summed E-state index contributed by atoms with van der Waals surface area (Å²) in [4.78, 5) is 54.7. The van der Waals surface area contributed by atoms with Crippen molar-refractivity contribution in [2.75, 3.05) is 18.1 Å². The summed E-state index contributed by atoms with van der Waals surface area (Å²) in [6, 6.07) is 55.8. The lowest BCUT2D eigenvalue weighted by molar-refractivity contribution is -0.150. The van der Waals surface area contributed by atoms with Gasteiger partial charge >= 0.3 is 5.97 Å². The molecular weight excluding hydrogens is 843 g/mol. The molecule has 9 rings (SSSR count). The van der Waals surface area contributed by atoms with Crippen molar-refractivity contribution in [3.63, 3.8) is 0 Å². The van der Waals surface area contributed by atoms with Crippen LogP contribution in [0.5, 0.6) is 0 Å². The number of amides is 2. The number of hydrogen-bond donors (Lipinski definition) is 4. The van der Waals surface area contributed by atoms with Gasteiger partial charge in [-0.3, -0.25) is 14.5 Å². The Labute approximate surface area is 377 Å². The van der Waals surface area contributed by atoms with Gasteiger partial charge in [-0.15, -0.1) is 11.8 Å². The van der Waals surface area contributed by atoms with Gasteiger partial charge in [0.15, 0.2) is 10.8 Å². The van der Waals surface area contributed by atoms with Gasteiger partial charge < -0.3 is 26.1 Å². The maximum atomic E-state index is 15.1. The molecule has 3 heterocycles. The molecule has 2 atom stereocenters. The van der Waals surface area contributed by atoms with Crippen molar-refractivity contribution in [2.24, 2.45) is 5.16 Å². The Morgan fingerprint density at radius 3 is 1.80 bits per heavy atom. The van der Waals surface area contributed by atoms with Gasteiger partial charge in [0.05, 0.1) is 11.5 Å². The SMILES string of the molecule is Nc1nc(/C(=N/OC(c2ccccc2)(c2ccccc2)c2ccccc2)C(=O)N[C@@H]2C(=O)N3C(C(=O)O)=C(CO)CS[C@@H]23)c(-c2ccccc2C(c2ccccc2)c2ccccc2)s1. The third-order valence-electron chi connectivity index (χ3n) is 11.4. The number of carboxylic acids is 1. The van der Waals surface area contributed by atoms with Crippen molar-refractivity contribution in [1.82, 2.24) is 15.2 Å². The van der Waals surface area contributed by atoms with E-state index in [4.69, 9.17) is 20.7 Å². The first-order chi connectivity index (χ1) is 31.3. The lowest BCUT2D eigenvalue weighted by Crippen LogP contribution is -2.71. The van der Waals surface area contributed by atoms with Crippen molar-refractivity contribution in [1.29, 1.82) is 0 Å². The molecule has 0 spiro atoms. The predicted molar refractivity (Wildman–Crippen MR) is 249 cm³/mol. The van der Waals surface area contributed by atoms with Crippen LogP contribution < -0.4 is 11.1 Å². The third-order valence-corrected chi connectivity index (χ3v) is 13.7. The highest BCUT2D eigenvalue weighted by molar-refractivity contribution is 8.00. The summed E-state index contributed by atoms with van der Waals surface area (Å²) >= 11 is 2.44. The molecule has 1 fully saturated rings. The zero-order chi connectivity index (χ0) is 44.2. The van der Waals surface area contributed by atoms with Gasteiger partial charge in [0, 0.05) is 28.4 Å². The van der Waals surface area contributed by atoms with Gasteiger partial charge in [0.25, 0.3) is 11.8 Å². The van der Waals surface area contributed by atoms with E-state index in [-0.39, 0.29) is 39.5 Å². The average molecular weight is 884 g/mol. The van der Waals surface area contributed by atoms with Crippen molar-refractivity contribution < 1.29 is 29.4 Å². The zero-order valence-electron chi connectivity index (χ0n) is 34.2. The Hall–Kier alpha value is -7.32. The maximum absolute atomic E-state index is 15.1. The summed E-state index contributed by atoms with van der Waals surface area (Å²) in [7, 11) is 0. The second kappa shape index (κ2) is 18.2. The Balaban J connectivity index is 1.22. The Morgan fingerprint density at radius 1 is 0.781 bits per heavy atom. The lowest BCUT2D eigenvalue weighted by Gasteiger charge is -2.49. The van der Waals surface area contributed by atoms with E-state index in [0.29, 0.717) is 4.88 Å². The second-order valence-corrected chi connectivity index (χ2v) is 17.3. The molecule has 2 aliphatic rings. The number of nitrogen functional groups attached to an aromatic ring is 1. The molecule has 2 aliphatic heterocycles. The van der Waals surface area contributed by atoms with Crippen LogP contribution in [0, 0.1) is 0 Å². The average Bonchev–Trinajstić information content (AvgIpc) is 3.73. The van der Waals surface area contributed by atoms with Crippen LogP contribution in [0.4, 0.5) is 5.13 Å². The van der Waals surface area contributed by atoms with Gasteiger partial charge in [-0.2, -0.15) is 0 Å². The molecule has 1 aromatic heterocycles. The number of benzene rings is 6. The molecule has 6 aromatic carbocycles. The fourth-order valence-corrected chi connectivity index (χ4v) is 10.7. The van der Waals surface area contributed by atoms with E-state index < -0.39 is 41.4 Å². The van der Waals surface area contributed by atoms with E-state index in [0.717, 1.165) is 43.8 Å². The van der Waals surface area contributed by atoms with Crippen LogP contribution in [0.3, 0.4) is 0 Å². The van der Waals surface area contributed by atoms with E-state index in [1.807, 2.05) is 146 Å². The number of aromatic nitrogens is 1. The van der Waals surface area contributed by atoms with E-state index in [2.05, 4.69) is 35.6 Å². The van der Waals surface area contributed by atoms with Crippen molar-refractivity contribution >= 4 is 51.7 Å². The number of rotatable bonds is 14. The summed E-state index contributed by atoms with van der Waals surface area (Å²) < 4.78 is 0. The van der Waals surface area contributed by atoms with Crippen LogP contribution in [0.15, 0.2) is 192 Å². The van der Waals surface area contributed by atoms with Crippen LogP contribution >= 0.6 is 23.1 Å². The number of nitrogens with one attached hydrogen (secondary N) is 1. The van der Waals surface area contributed by atoms with Crippen LogP contribution in [0.1, 0.15) is 45.0 Å². The number of anilines is 1. The molecule has 0 unspecified atom stereocenters.